The number of aromatic nitrogens is 10. The minimum absolute atomic E-state index is 0.477. The summed E-state index contributed by atoms with van der Waals surface area (Å²) in [7, 11) is 0. The minimum atomic E-state index is 0.477. The highest BCUT2D eigenvalue weighted by molar-refractivity contribution is 6.10. The van der Waals surface area contributed by atoms with Crippen molar-refractivity contribution in [2.75, 3.05) is 0 Å². The first-order valence-electron chi connectivity index (χ1n) is 24.0. The highest BCUT2D eigenvalue weighted by Gasteiger charge is 2.23. The minimum Gasteiger partial charge on any atom is -0.308 e. The van der Waals surface area contributed by atoms with Crippen LogP contribution in [0.1, 0.15) is 0 Å². The topological polar surface area (TPSA) is 121 Å². The Morgan fingerprint density at radius 3 is 0.877 bits per heavy atom. The van der Waals surface area contributed by atoms with Crippen LogP contribution in [0.15, 0.2) is 243 Å². The Morgan fingerprint density at radius 2 is 0.493 bits per heavy atom. The second-order valence-corrected chi connectivity index (χ2v) is 17.4. The van der Waals surface area contributed by atoms with Gasteiger partial charge in [0.2, 0.25) is 0 Å². The van der Waals surface area contributed by atoms with Crippen molar-refractivity contribution < 1.29 is 0 Å². The van der Waals surface area contributed by atoms with Gasteiger partial charge in [-0.3, -0.25) is 0 Å². The van der Waals surface area contributed by atoms with E-state index in [9.17, 15) is 0 Å². The molecule has 0 saturated carbocycles. The summed E-state index contributed by atoms with van der Waals surface area (Å²) in [5.41, 5.74) is 10.4. The second-order valence-electron chi connectivity index (χ2n) is 17.4. The molecule has 13 aromatic rings. The molecule has 4 aromatic heterocycles. The van der Waals surface area contributed by atoms with E-state index in [0.717, 1.165) is 77.6 Å². The van der Waals surface area contributed by atoms with Crippen LogP contribution in [-0.2, 0) is 0 Å². The summed E-state index contributed by atoms with van der Waals surface area (Å²) in [4.78, 5) is 46.3. The standard InChI is InChI=1S/C63H40N10/c1-7-21-41(22-8-1)55-64-56(42-23-9-2-10-24-42)68-61(67-55)47-36-38-53(51(39-47)63-71-59(45-29-15-5-16-30-45)66-60(72-63)46-31-17-6-18-32-46)73-52-34-20-19-33-49(52)50-37-35-48(40-54(50)73)62-69-57(43-25-11-3-12-26-43)65-58(70-62)44-27-13-4-14-28-44/h1-40H. The molecule has 0 spiro atoms. The highest BCUT2D eigenvalue weighted by Crippen LogP contribution is 2.40. The molecule has 342 valence electrons. The van der Waals surface area contributed by atoms with Gasteiger partial charge in [0.25, 0.3) is 0 Å². The Morgan fingerprint density at radius 1 is 0.205 bits per heavy atom. The molecule has 4 heterocycles. The van der Waals surface area contributed by atoms with E-state index in [0.29, 0.717) is 52.4 Å². The van der Waals surface area contributed by atoms with Crippen molar-refractivity contribution >= 4 is 21.8 Å². The summed E-state index contributed by atoms with van der Waals surface area (Å²) in [5, 5.41) is 2.13. The molecule has 0 fully saturated rings. The molecule has 0 aliphatic heterocycles. The number of benzene rings is 9. The molecule has 0 unspecified atom stereocenters. The van der Waals surface area contributed by atoms with E-state index in [1.54, 1.807) is 0 Å². The Hall–Kier alpha value is -10.2. The molecule has 0 N–H and O–H groups in total. The lowest BCUT2D eigenvalue weighted by molar-refractivity contribution is 1.06. The molecule has 0 bridgehead atoms. The van der Waals surface area contributed by atoms with Gasteiger partial charge in [0.1, 0.15) is 0 Å². The van der Waals surface area contributed by atoms with Crippen molar-refractivity contribution in [3.63, 3.8) is 0 Å². The first-order valence-corrected chi connectivity index (χ1v) is 24.0. The van der Waals surface area contributed by atoms with E-state index in [-0.39, 0.29) is 0 Å². The van der Waals surface area contributed by atoms with Gasteiger partial charge in [0, 0.05) is 60.8 Å². The van der Waals surface area contributed by atoms with Gasteiger partial charge in [-0.15, -0.1) is 0 Å². The van der Waals surface area contributed by atoms with E-state index < -0.39 is 0 Å². The third kappa shape index (κ3) is 8.34. The number of hydrogen-bond acceptors (Lipinski definition) is 9. The van der Waals surface area contributed by atoms with E-state index in [1.165, 1.54) is 0 Å². The largest absolute Gasteiger partial charge is 0.308 e. The number of para-hydroxylation sites is 1. The van der Waals surface area contributed by atoms with Gasteiger partial charge >= 0.3 is 0 Å². The maximum Gasteiger partial charge on any atom is 0.166 e. The zero-order valence-corrected chi connectivity index (χ0v) is 39.1. The third-order valence-corrected chi connectivity index (χ3v) is 12.8. The number of nitrogens with zero attached hydrogens (tertiary/aromatic N) is 10. The first-order chi connectivity index (χ1) is 36.2. The van der Waals surface area contributed by atoms with E-state index >= 15 is 0 Å². The van der Waals surface area contributed by atoms with Crippen LogP contribution in [0.4, 0.5) is 0 Å². The van der Waals surface area contributed by atoms with Crippen molar-refractivity contribution in [1.29, 1.82) is 0 Å². The predicted octanol–water partition coefficient (Wildman–Crippen LogP) is 14.3. The lowest BCUT2D eigenvalue weighted by Gasteiger charge is -2.16. The van der Waals surface area contributed by atoms with Gasteiger partial charge in [0.15, 0.2) is 52.4 Å². The van der Waals surface area contributed by atoms with Crippen LogP contribution in [0.3, 0.4) is 0 Å². The lowest BCUT2D eigenvalue weighted by atomic mass is 10.1. The number of fused-ring (bicyclic) bond motifs is 3. The van der Waals surface area contributed by atoms with Crippen LogP contribution in [0.25, 0.3) is 130 Å². The maximum atomic E-state index is 5.32. The summed E-state index contributed by atoms with van der Waals surface area (Å²) in [5.74, 6) is 4.92. The fourth-order valence-corrected chi connectivity index (χ4v) is 9.22. The SMILES string of the molecule is c1ccc(-c2nc(-c3ccccc3)nc(-c3ccc(-n4c5ccccc5c5ccc(-c6nc(-c7ccccc7)nc(-c7ccccc7)n6)cc54)c(-c4nc(-c5ccccc5)nc(-c5ccccc5)n4)c3)n2)cc1. The number of hydrogen-bond donors (Lipinski definition) is 0. The van der Waals surface area contributed by atoms with E-state index in [1.807, 2.05) is 182 Å². The van der Waals surface area contributed by atoms with Gasteiger partial charge < -0.3 is 4.57 Å². The normalized spacial score (nSPS) is 11.3. The zero-order chi connectivity index (χ0) is 48.5. The van der Waals surface area contributed by atoms with E-state index in [2.05, 4.69) is 65.2 Å². The Labute approximate surface area is 420 Å². The Balaban J connectivity index is 1.08. The average Bonchev–Trinajstić information content (AvgIpc) is 3.81. The van der Waals surface area contributed by atoms with Crippen molar-refractivity contribution in [1.82, 2.24) is 49.4 Å². The molecule has 9 aromatic carbocycles. The van der Waals surface area contributed by atoms with Crippen molar-refractivity contribution in [2.24, 2.45) is 0 Å². The van der Waals surface area contributed by atoms with Crippen molar-refractivity contribution in [2.45, 2.75) is 0 Å². The third-order valence-electron chi connectivity index (χ3n) is 12.8. The molecule has 13 rings (SSSR count). The summed E-state index contributed by atoms with van der Waals surface area (Å²) in [6.45, 7) is 0. The fraction of sp³-hybridized carbons (Fsp3) is 0. The van der Waals surface area contributed by atoms with E-state index in [4.69, 9.17) is 44.9 Å². The zero-order valence-electron chi connectivity index (χ0n) is 39.1. The molecule has 10 heteroatoms. The molecule has 0 aliphatic rings. The highest BCUT2D eigenvalue weighted by atomic mass is 15.1. The molecule has 0 saturated heterocycles. The summed E-state index contributed by atoms with van der Waals surface area (Å²) >= 11 is 0. The molecule has 73 heavy (non-hydrogen) atoms. The molecule has 0 radical (unpaired) electrons. The van der Waals surface area contributed by atoms with Crippen molar-refractivity contribution in [3.8, 4) is 108 Å². The van der Waals surface area contributed by atoms with Crippen LogP contribution < -0.4 is 0 Å². The molecule has 0 atom stereocenters. The van der Waals surface area contributed by atoms with Crippen LogP contribution in [0, 0.1) is 0 Å². The quantitative estimate of drug-likeness (QED) is 0.132. The molecular formula is C63H40N10. The van der Waals surface area contributed by atoms with Gasteiger partial charge in [-0.05, 0) is 30.3 Å². The van der Waals surface area contributed by atoms with Gasteiger partial charge in [0.05, 0.1) is 16.7 Å². The molecule has 0 aliphatic carbocycles. The lowest BCUT2D eigenvalue weighted by Crippen LogP contribution is -2.05. The predicted molar refractivity (Wildman–Crippen MR) is 290 cm³/mol. The average molecular weight is 937 g/mol. The monoisotopic (exact) mass is 936 g/mol. The molecular weight excluding hydrogens is 897 g/mol. The van der Waals surface area contributed by atoms with Crippen LogP contribution in [0.2, 0.25) is 0 Å². The van der Waals surface area contributed by atoms with Gasteiger partial charge in [-0.2, -0.15) is 0 Å². The number of rotatable bonds is 10. The fourth-order valence-electron chi connectivity index (χ4n) is 9.22. The Bertz CT molecular complexity index is 3940. The van der Waals surface area contributed by atoms with Gasteiger partial charge in [-0.1, -0.05) is 212 Å². The summed E-state index contributed by atoms with van der Waals surface area (Å²) in [6.07, 6.45) is 0. The Kier molecular flexibility index (Phi) is 10.9. The van der Waals surface area contributed by atoms with Crippen LogP contribution in [0.5, 0.6) is 0 Å². The molecule has 10 nitrogen and oxygen atoms in total. The van der Waals surface area contributed by atoms with Gasteiger partial charge in [-0.25, -0.2) is 44.9 Å². The van der Waals surface area contributed by atoms with Crippen molar-refractivity contribution in [3.05, 3.63) is 243 Å². The van der Waals surface area contributed by atoms with Crippen LogP contribution >= 0.6 is 0 Å². The summed E-state index contributed by atoms with van der Waals surface area (Å²) < 4.78 is 2.29. The second kappa shape index (κ2) is 18.6. The van der Waals surface area contributed by atoms with Crippen LogP contribution in [-0.4, -0.2) is 49.4 Å². The summed E-state index contributed by atoms with van der Waals surface area (Å²) in [6, 6.07) is 81.3. The molecule has 0 amide bonds. The smallest absolute Gasteiger partial charge is 0.166 e. The first kappa shape index (κ1) is 42.9. The maximum absolute atomic E-state index is 5.32.